The van der Waals surface area contributed by atoms with Gasteiger partial charge in [-0.05, 0) is 37.4 Å². The maximum atomic E-state index is 5.70. The minimum Gasteiger partial charge on any atom is -0.492 e. The van der Waals surface area contributed by atoms with E-state index >= 15 is 0 Å². The number of ether oxygens (including phenoxy) is 3. The molecule has 3 rings (SSSR count). The van der Waals surface area contributed by atoms with Crippen molar-refractivity contribution in [3.8, 4) is 17.2 Å². The highest BCUT2D eigenvalue weighted by Gasteiger charge is 2.14. The van der Waals surface area contributed by atoms with E-state index in [1.54, 1.807) is 0 Å². The van der Waals surface area contributed by atoms with E-state index in [0.29, 0.717) is 13.4 Å². The highest BCUT2D eigenvalue weighted by atomic mass is 16.7. The smallest absolute Gasteiger partial charge is 0.231 e. The first-order valence-electron chi connectivity index (χ1n) is 7.15. The standard InChI is InChI=1S/C15H21NO3/c1-2-4-12(3-1)10-16-7-8-17-13-5-6-14-15(9-13)19-11-18-14/h5-6,9,12,16H,1-4,7-8,10-11H2. The van der Waals surface area contributed by atoms with E-state index in [2.05, 4.69) is 5.32 Å². The van der Waals surface area contributed by atoms with Crippen molar-refractivity contribution in [3.63, 3.8) is 0 Å². The molecule has 1 fully saturated rings. The van der Waals surface area contributed by atoms with Gasteiger partial charge in [0.05, 0.1) is 0 Å². The van der Waals surface area contributed by atoms with Gasteiger partial charge in [-0.3, -0.25) is 0 Å². The summed E-state index contributed by atoms with van der Waals surface area (Å²) in [4.78, 5) is 0. The predicted octanol–water partition coefficient (Wildman–Crippen LogP) is 2.57. The Morgan fingerprint density at radius 1 is 1.16 bits per heavy atom. The molecule has 0 radical (unpaired) electrons. The number of hydrogen-bond acceptors (Lipinski definition) is 4. The molecule has 1 aromatic rings. The van der Waals surface area contributed by atoms with E-state index in [0.717, 1.165) is 36.3 Å². The monoisotopic (exact) mass is 263 g/mol. The third-order valence-corrected chi connectivity index (χ3v) is 3.80. The Labute approximate surface area is 114 Å². The molecule has 1 aliphatic carbocycles. The molecule has 4 nitrogen and oxygen atoms in total. The summed E-state index contributed by atoms with van der Waals surface area (Å²) in [5, 5.41) is 3.47. The van der Waals surface area contributed by atoms with Gasteiger partial charge >= 0.3 is 0 Å². The van der Waals surface area contributed by atoms with Crippen LogP contribution in [0.2, 0.25) is 0 Å². The van der Waals surface area contributed by atoms with Crippen molar-refractivity contribution < 1.29 is 14.2 Å². The van der Waals surface area contributed by atoms with Gasteiger partial charge in [0, 0.05) is 12.6 Å². The van der Waals surface area contributed by atoms with E-state index in [4.69, 9.17) is 14.2 Å². The quantitative estimate of drug-likeness (QED) is 0.801. The average Bonchev–Trinajstić information content (AvgIpc) is 3.08. The maximum absolute atomic E-state index is 5.70. The molecule has 1 heterocycles. The Kier molecular flexibility index (Phi) is 4.08. The van der Waals surface area contributed by atoms with Gasteiger partial charge < -0.3 is 19.5 Å². The predicted molar refractivity (Wildman–Crippen MR) is 72.9 cm³/mol. The van der Waals surface area contributed by atoms with Crippen molar-refractivity contribution in [2.75, 3.05) is 26.5 Å². The zero-order chi connectivity index (χ0) is 12.9. The first-order chi connectivity index (χ1) is 9.42. The van der Waals surface area contributed by atoms with Crippen LogP contribution in [0.3, 0.4) is 0 Å². The molecule has 0 bridgehead atoms. The first kappa shape index (κ1) is 12.6. The van der Waals surface area contributed by atoms with Crippen LogP contribution in [-0.4, -0.2) is 26.5 Å². The van der Waals surface area contributed by atoms with Crippen molar-refractivity contribution in [1.29, 1.82) is 0 Å². The van der Waals surface area contributed by atoms with Crippen molar-refractivity contribution in [2.24, 2.45) is 5.92 Å². The van der Waals surface area contributed by atoms with Gasteiger partial charge in [-0.2, -0.15) is 0 Å². The largest absolute Gasteiger partial charge is 0.492 e. The molecule has 19 heavy (non-hydrogen) atoms. The van der Waals surface area contributed by atoms with E-state index in [9.17, 15) is 0 Å². The zero-order valence-electron chi connectivity index (χ0n) is 11.2. The van der Waals surface area contributed by atoms with Gasteiger partial charge in [0.15, 0.2) is 11.5 Å². The van der Waals surface area contributed by atoms with E-state index in [1.807, 2.05) is 18.2 Å². The second-order valence-electron chi connectivity index (χ2n) is 5.22. The molecule has 1 N–H and O–H groups in total. The molecule has 1 aliphatic heterocycles. The lowest BCUT2D eigenvalue weighted by Crippen LogP contribution is -2.26. The number of nitrogens with one attached hydrogen (secondary N) is 1. The van der Waals surface area contributed by atoms with Crippen molar-refractivity contribution in [1.82, 2.24) is 5.32 Å². The van der Waals surface area contributed by atoms with Crippen LogP contribution in [0.15, 0.2) is 18.2 Å². The molecule has 0 atom stereocenters. The fourth-order valence-corrected chi connectivity index (χ4v) is 2.73. The third-order valence-electron chi connectivity index (χ3n) is 3.80. The molecule has 0 saturated heterocycles. The molecule has 0 amide bonds. The fraction of sp³-hybridized carbons (Fsp3) is 0.600. The molecule has 0 spiro atoms. The van der Waals surface area contributed by atoms with Gasteiger partial charge in [-0.15, -0.1) is 0 Å². The van der Waals surface area contributed by atoms with Gasteiger partial charge in [-0.25, -0.2) is 0 Å². The summed E-state index contributed by atoms with van der Waals surface area (Å²) in [6.07, 6.45) is 5.58. The van der Waals surface area contributed by atoms with Crippen LogP contribution in [0.4, 0.5) is 0 Å². The number of hydrogen-bond donors (Lipinski definition) is 1. The number of fused-ring (bicyclic) bond motifs is 1. The molecule has 4 heteroatoms. The number of benzene rings is 1. The minimum absolute atomic E-state index is 0.307. The molecular formula is C15H21NO3. The minimum atomic E-state index is 0.307. The Bertz CT molecular complexity index is 416. The van der Waals surface area contributed by atoms with Crippen LogP contribution < -0.4 is 19.5 Å². The summed E-state index contributed by atoms with van der Waals surface area (Å²) < 4.78 is 16.3. The lowest BCUT2D eigenvalue weighted by atomic mass is 10.1. The molecular weight excluding hydrogens is 242 g/mol. The fourth-order valence-electron chi connectivity index (χ4n) is 2.73. The summed E-state index contributed by atoms with van der Waals surface area (Å²) >= 11 is 0. The SMILES string of the molecule is c1cc2c(cc1OCCNCC1CCCC1)OCO2. The first-order valence-corrected chi connectivity index (χ1v) is 7.15. The average molecular weight is 263 g/mol. The second-order valence-corrected chi connectivity index (χ2v) is 5.22. The van der Waals surface area contributed by atoms with Crippen molar-refractivity contribution >= 4 is 0 Å². The van der Waals surface area contributed by atoms with Gasteiger partial charge in [0.1, 0.15) is 12.4 Å². The van der Waals surface area contributed by atoms with Crippen molar-refractivity contribution in [3.05, 3.63) is 18.2 Å². The van der Waals surface area contributed by atoms with E-state index in [-0.39, 0.29) is 0 Å². The summed E-state index contributed by atoms with van der Waals surface area (Å²) in [6.45, 7) is 3.02. The van der Waals surface area contributed by atoms with Crippen molar-refractivity contribution in [2.45, 2.75) is 25.7 Å². The molecule has 104 valence electrons. The Morgan fingerprint density at radius 3 is 2.89 bits per heavy atom. The molecule has 0 unspecified atom stereocenters. The maximum Gasteiger partial charge on any atom is 0.231 e. The molecule has 2 aliphatic rings. The van der Waals surface area contributed by atoms with Crippen LogP contribution in [0.25, 0.3) is 0 Å². The zero-order valence-corrected chi connectivity index (χ0v) is 11.2. The summed E-state index contributed by atoms with van der Waals surface area (Å²) in [6, 6.07) is 5.70. The van der Waals surface area contributed by atoms with Crippen LogP contribution in [0.5, 0.6) is 17.2 Å². The van der Waals surface area contributed by atoms with Crippen LogP contribution in [0.1, 0.15) is 25.7 Å². The Morgan fingerprint density at radius 2 is 2.00 bits per heavy atom. The highest BCUT2D eigenvalue weighted by molar-refractivity contribution is 5.46. The van der Waals surface area contributed by atoms with Crippen LogP contribution in [0, 0.1) is 5.92 Å². The summed E-state index contributed by atoms with van der Waals surface area (Å²) in [5.74, 6) is 3.29. The van der Waals surface area contributed by atoms with E-state index in [1.165, 1.54) is 25.7 Å². The molecule has 0 aromatic heterocycles. The topological polar surface area (TPSA) is 39.7 Å². The lowest BCUT2D eigenvalue weighted by Gasteiger charge is -2.11. The molecule has 1 aromatic carbocycles. The second kappa shape index (κ2) is 6.15. The van der Waals surface area contributed by atoms with Gasteiger partial charge in [0.2, 0.25) is 6.79 Å². The summed E-state index contributed by atoms with van der Waals surface area (Å²) in [7, 11) is 0. The summed E-state index contributed by atoms with van der Waals surface area (Å²) in [5.41, 5.74) is 0. The Balaban J connectivity index is 1.35. The normalized spacial score (nSPS) is 17.9. The molecule has 1 saturated carbocycles. The van der Waals surface area contributed by atoms with Crippen LogP contribution in [-0.2, 0) is 0 Å². The number of rotatable bonds is 6. The van der Waals surface area contributed by atoms with E-state index < -0.39 is 0 Å². The lowest BCUT2D eigenvalue weighted by molar-refractivity contribution is 0.173. The van der Waals surface area contributed by atoms with Gasteiger partial charge in [-0.1, -0.05) is 12.8 Å². The van der Waals surface area contributed by atoms with Crippen LogP contribution >= 0.6 is 0 Å². The Hall–Kier alpha value is -1.42. The van der Waals surface area contributed by atoms with Gasteiger partial charge in [0.25, 0.3) is 0 Å². The highest BCUT2D eigenvalue weighted by Crippen LogP contribution is 2.34. The third kappa shape index (κ3) is 3.32.